The maximum absolute atomic E-state index is 12.8. The predicted octanol–water partition coefficient (Wildman–Crippen LogP) is 2.14. The van der Waals surface area contributed by atoms with E-state index in [2.05, 4.69) is 17.6 Å². The predicted molar refractivity (Wildman–Crippen MR) is 107 cm³/mol. The van der Waals surface area contributed by atoms with Gasteiger partial charge in [0.25, 0.3) is 5.91 Å². The van der Waals surface area contributed by atoms with Gasteiger partial charge in [0.05, 0.1) is 0 Å². The first kappa shape index (κ1) is 19.9. The number of imide groups is 1. The number of nitrogens with zero attached hydrogens (tertiary/aromatic N) is 1. The number of amides is 3. The molecule has 0 radical (unpaired) electrons. The Labute approximate surface area is 171 Å². The molecule has 1 aliphatic carbocycles. The molecular formula is C22H29N3O4. The smallest absolute Gasteiger partial charge is 0.255 e. The van der Waals surface area contributed by atoms with E-state index in [1.165, 1.54) is 12.8 Å². The molecule has 2 aliphatic heterocycles. The molecule has 0 spiro atoms. The summed E-state index contributed by atoms with van der Waals surface area (Å²) in [5, 5.41) is 5.94. The first-order valence-corrected chi connectivity index (χ1v) is 10.7. The lowest BCUT2D eigenvalue weighted by atomic mass is 9.92. The van der Waals surface area contributed by atoms with Gasteiger partial charge in [-0.3, -0.25) is 19.7 Å². The molecule has 1 aromatic rings. The van der Waals surface area contributed by atoms with Gasteiger partial charge >= 0.3 is 0 Å². The van der Waals surface area contributed by atoms with E-state index in [4.69, 9.17) is 4.74 Å². The Bertz CT molecular complexity index is 809. The second-order valence-electron chi connectivity index (χ2n) is 8.22. The number of carbonyl (C=O) groups excluding carboxylic acids is 3. The molecule has 0 aromatic heterocycles. The van der Waals surface area contributed by atoms with E-state index in [1.54, 1.807) is 11.0 Å². The summed E-state index contributed by atoms with van der Waals surface area (Å²) >= 11 is 0. The molecule has 156 valence electrons. The number of hydrogen-bond acceptors (Lipinski definition) is 5. The van der Waals surface area contributed by atoms with E-state index in [0.29, 0.717) is 24.6 Å². The summed E-state index contributed by atoms with van der Waals surface area (Å²) < 4.78 is 6.33. The Morgan fingerprint density at radius 3 is 2.79 bits per heavy atom. The van der Waals surface area contributed by atoms with Gasteiger partial charge in [-0.15, -0.1) is 0 Å². The van der Waals surface area contributed by atoms with Crippen LogP contribution in [0.5, 0.6) is 5.75 Å². The lowest BCUT2D eigenvalue weighted by molar-refractivity contribution is -0.136. The molecule has 1 unspecified atom stereocenters. The van der Waals surface area contributed by atoms with Crippen molar-refractivity contribution in [3.63, 3.8) is 0 Å². The topological polar surface area (TPSA) is 87.7 Å². The molecule has 7 nitrogen and oxygen atoms in total. The van der Waals surface area contributed by atoms with E-state index in [-0.39, 0.29) is 30.2 Å². The zero-order valence-corrected chi connectivity index (χ0v) is 16.9. The van der Waals surface area contributed by atoms with Crippen molar-refractivity contribution in [3.05, 3.63) is 29.3 Å². The van der Waals surface area contributed by atoms with Crippen LogP contribution in [-0.2, 0) is 16.1 Å². The van der Waals surface area contributed by atoms with Crippen molar-refractivity contribution in [1.82, 2.24) is 15.5 Å². The average Bonchev–Trinajstić information content (AvgIpc) is 3.03. The van der Waals surface area contributed by atoms with Crippen molar-refractivity contribution < 1.29 is 19.1 Å². The van der Waals surface area contributed by atoms with Crippen LogP contribution in [0, 0.1) is 0 Å². The van der Waals surface area contributed by atoms with Crippen molar-refractivity contribution in [2.45, 2.75) is 76.6 Å². The van der Waals surface area contributed by atoms with E-state index < -0.39 is 6.04 Å². The summed E-state index contributed by atoms with van der Waals surface area (Å²) in [6.45, 7) is 3.53. The van der Waals surface area contributed by atoms with Gasteiger partial charge in [-0.1, -0.05) is 13.3 Å². The van der Waals surface area contributed by atoms with E-state index >= 15 is 0 Å². The second kappa shape index (κ2) is 8.53. The van der Waals surface area contributed by atoms with Crippen LogP contribution in [0.1, 0.15) is 67.8 Å². The number of ether oxygens (including phenoxy) is 1. The summed E-state index contributed by atoms with van der Waals surface area (Å²) in [7, 11) is 0. The van der Waals surface area contributed by atoms with Gasteiger partial charge in [-0.25, -0.2) is 0 Å². The van der Waals surface area contributed by atoms with Crippen molar-refractivity contribution in [2.24, 2.45) is 0 Å². The molecule has 3 aliphatic rings. The normalized spacial score (nSPS) is 27.0. The standard InChI is InChI=1S/C22H29N3O4/c1-2-11-23-17-5-3-4-6-19(17)29-15-7-8-16-14(12-15)13-25(22(16)28)18-9-10-20(26)24-21(18)27/h7-8,12,17-19,23H,2-6,9-11,13H2,1H3,(H,24,26,27)/t17-,18?,19-/m1/s1. The molecule has 1 aromatic carbocycles. The molecule has 3 atom stereocenters. The van der Waals surface area contributed by atoms with Crippen LogP contribution in [0.3, 0.4) is 0 Å². The minimum atomic E-state index is -0.585. The monoisotopic (exact) mass is 399 g/mol. The minimum Gasteiger partial charge on any atom is -0.489 e. The molecule has 2 heterocycles. The van der Waals surface area contributed by atoms with Gasteiger partial charge in [-0.05, 0) is 62.4 Å². The second-order valence-corrected chi connectivity index (χ2v) is 8.22. The van der Waals surface area contributed by atoms with E-state index in [0.717, 1.165) is 37.1 Å². The maximum Gasteiger partial charge on any atom is 0.255 e. The lowest BCUT2D eigenvalue weighted by Gasteiger charge is -2.32. The van der Waals surface area contributed by atoms with Gasteiger partial charge in [0, 0.05) is 24.6 Å². The number of rotatable bonds is 6. The Morgan fingerprint density at radius 2 is 2.00 bits per heavy atom. The third-order valence-corrected chi connectivity index (χ3v) is 6.14. The zero-order valence-electron chi connectivity index (χ0n) is 16.9. The Balaban J connectivity index is 1.46. The summed E-state index contributed by atoms with van der Waals surface area (Å²) in [6, 6.07) is 5.37. The van der Waals surface area contributed by atoms with E-state index in [9.17, 15) is 14.4 Å². The van der Waals surface area contributed by atoms with Crippen LogP contribution in [0.4, 0.5) is 0 Å². The van der Waals surface area contributed by atoms with Crippen LogP contribution in [0.15, 0.2) is 18.2 Å². The fourth-order valence-electron chi connectivity index (χ4n) is 4.60. The number of fused-ring (bicyclic) bond motifs is 1. The highest BCUT2D eigenvalue weighted by Crippen LogP contribution is 2.31. The summed E-state index contributed by atoms with van der Waals surface area (Å²) in [6.07, 6.45) is 6.41. The summed E-state index contributed by atoms with van der Waals surface area (Å²) in [4.78, 5) is 38.0. The molecule has 3 amide bonds. The van der Waals surface area contributed by atoms with Crippen LogP contribution in [0.25, 0.3) is 0 Å². The molecule has 2 N–H and O–H groups in total. The van der Waals surface area contributed by atoms with Crippen molar-refractivity contribution in [2.75, 3.05) is 6.54 Å². The largest absolute Gasteiger partial charge is 0.489 e. The van der Waals surface area contributed by atoms with Crippen molar-refractivity contribution in [1.29, 1.82) is 0 Å². The van der Waals surface area contributed by atoms with Crippen molar-refractivity contribution >= 4 is 17.7 Å². The molecule has 29 heavy (non-hydrogen) atoms. The number of carbonyl (C=O) groups is 3. The maximum atomic E-state index is 12.8. The van der Waals surface area contributed by atoms with Gasteiger partial charge in [0.2, 0.25) is 11.8 Å². The van der Waals surface area contributed by atoms with Gasteiger partial charge in [0.1, 0.15) is 17.9 Å². The van der Waals surface area contributed by atoms with Crippen LogP contribution in [-0.4, -0.2) is 47.4 Å². The molecule has 1 saturated carbocycles. The molecule has 2 fully saturated rings. The highest BCUT2D eigenvalue weighted by molar-refractivity contribution is 6.05. The van der Waals surface area contributed by atoms with Crippen LogP contribution in [0.2, 0.25) is 0 Å². The minimum absolute atomic E-state index is 0.136. The zero-order chi connectivity index (χ0) is 20.4. The van der Waals surface area contributed by atoms with Gasteiger partial charge in [-0.2, -0.15) is 0 Å². The van der Waals surface area contributed by atoms with Gasteiger partial charge < -0.3 is 15.0 Å². The van der Waals surface area contributed by atoms with E-state index in [1.807, 2.05) is 12.1 Å². The quantitative estimate of drug-likeness (QED) is 0.716. The number of piperidine rings is 1. The molecular weight excluding hydrogens is 370 g/mol. The fraction of sp³-hybridized carbons (Fsp3) is 0.591. The number of benzene rings is 1. The molecule has 1 saturated heterocycles. The average molecular weight is 399 g/mol. The Hall–Kier alpha value is -2.41. The number of nitrogens with one attached hydrogen (secondary N) is 2. The SMILES string of the molecule is CCCN[C@@H]1CCCC[C@H]1Oc1ccc2c(c1)CN(C1CCC(=O)NC1=O)C2=O. The van der Waals surface area contributed by atoms with Crippen molar-refractivity contribution in [3.8, 4) is 5.75 Å². The van der Waals surface area contributed by atoms with Gasteiger partial charge in [0.15, 0.2) is 0 Å². The highest BCUT2D eigenvalue weighted by atomic mass is 16.5. The molecule has 7 heteroatoms. The third-order valence-electron chi connectivity index (χ3n) is 6.14. The lowest BCUT2D eigenvalue weighted by Crippen LogP contribution is -2.52. The first-order chi connectivity index (χ1) is 14.1. The number of hydrogen-bond donors (Lipinski definition) is 2. The third kappa shape index (κ3) is 4.15. The summed E-state index contributed by atoms with van der Waals surface area (Å²) in [5.74, 6) is -0.0335. The summed E-state index contributed by atoms with van der Waals surface area (Å²) in [5.41, 5.74) is 1.50. The fourth-order valence-corrected chi connectivity index (χ4v) is 4.60. The molecule has 0 bridgehead atoms. The highest BCUT2D eigenvalue weighted by Gasteiger charge is 2.39. The Kier molecular flexibility index (Phi) is 5.85. The molecule has 4 rings (SSSR count). The Morgan fingerprint density at radius 1 is 1.17 bits per heavy atom. The van der Waals surface area contributed by atoms with Crippen LogP contribution < -0.4 is 15.4 Å². The first-order valence-electron chi connectivity index (χ1n) is 10.7. The van der Waals surface area contributed by atoms with Crippen LogP contribution >= 0.6 is 0 Å².